The quantitative estimate of drug-likeness (QED) is 0.818. The Hall–Kier alpha value is -2.17. The first-order chi connectivity index (χ1) is 9.39. The zero-order valence-corrected chi connectivity index (χ0v) is 11.8. The van der Waals surface area contributed by atoms with Crippen LogP contribution < -0.4 is 10.7 Å². The first-order valence-electron chi connectivity index (χ1n) is 6.72. The van der Waals surface area contributed by atoms with Crippen molar-refractivity contribution in [1.82, 2.24) is 5.43 Å². The van der Waals surface area contributed by atoms with Gasteiger partial charge in [0.05, 0.1) is 11.1 Å². The van der Waals surface area contributed by atoms with E-state index < -0.39 is 5.41 Å². The number of nitrogens with one attached hydrogen (secondary N) is 2. The average molecular weight is 271 g/mol. The highest BCUT2D eigenvalue weighted by Gasteiger charge is 2.39. The lowest BCUT2D eigenvalue weighted by molar-refractivity contribution is -0.121. The third-order valence-corrected chi connectivity index (χ3v) is 4.07. The fraction of sp³-hybridized carbons (Fsp3) is 0.400. The summed E-state index contributed by atoms with van der Waals surface area (Å²) in [7, 11) is 0. The molecule has 0 aromatic heterocycles. The fourth-order valence-electron chi connectivity index (χ4n) is 2.71. The van der Waals surface area contributed by atoms with Crippen LogP contribution in [0.25, 0.3) is 0 Å². The second kappa shape index (κ2) is 4.16. The molecule has 2 aliphatic heterocycles. The van der Waals surface area contributed by atoms with E-state index in [1.54, 1.807) is 0 Å². The van der Waals surface area contributed by atoms with Crippen molar-refractivity contribution >= 4 is 23.2 Å². The third-order valence-electron chi connectivity index (χ3n) is 4.07. The van der Waals surface area contributed by atoms with Gasteiger partial charge in [-0.2, -0.15) is 5.10 Å². The first kappa shape index (κ1) is 12.8. The molecular formula is C15H17N3O2. The van der Waals surface area contributed by atoms with Crippen LogP contribution in [0.1, 0.15) is 43.4 Å². The summed E-state index contributed by atoms with van der Waals surface area (Å²) in [6, 6.07) is 4.01. The Bertz CT molecular complexity index is 659. The molecule has 3 rings (SSSR count). The zero-order chi connectivity index (χ0) is 14.5. The van der Waals surface area contributed by atoms with Gasteiger partial charge in [-0.1, -0.05) is 0 Å². The predicted octanol–water partition coefficient (Wildman–Crippen LogP) is 1.84. The highest BCUT2D eigenvalue weighted by molar-refractivity contribution is 6.09. The van der Waals surface area contributed by atoms with Crippen molar-refractivity contribution in [2.45, 2.75) is 39.0 Å². The zero-order valence-electron chi connectivity index (χ0n) is 11.8. The molecule has 2 N–H and O–H groups in total. The minimum absolute atomic E-state index is 0.0166. The van der Waals surface area contributed by atoms with Crippen LogP contribution in [0.5, 0.6) is 0 Å². The van der Waals surface area contributed by atoms with Crippen LogP contribution in [-0.2, 0) is 15.0 Å². The normalized spacial score (nSPS) is 20.1. The van der Waals surface area contributed by atoms with E-state index >= 15 is 0 Å². The van der Waals surface area contributed by atoms with Crippen molar-refractivity contribution in [3.8, 4) is 0 Å². The molecule has 0 aliphatic carbocycles. The second-order valence-corrected chi connectivity index (χ2v) is 5.89. The molecule has 0 saturated carbocycles. The molecular weight excluding hydrogens is 254 g/mol. The number of nitrogens with zero attached hydrogens (tertiary/aromatic N) is 1. The lowest BCUT2D eigenvalue weighted by Crippen LogP contribution is -2.28. The van der Waals surface area contributed by atoms with Crippen molar-refractivity contribution in [2.24, 2.45) is 5.10 Å². The molecule has 2 heterocycles. The smallest absolute Gasteiger partial charge is 0.240 e. The summed E-state index contributed by atoms with van der Waals surface area (Å²) in [4.78, 5) is 23.2. The van der Waals surface area contributed by atoms with Gasteiger partial charge >= 0.3 is 0 Å². The van der Waals surface area contributed by atoms with Gasteiger partial charge in [0.1, 0.15) is 0 Å². The molecule has 0 fully saturated rings. The van der Waals surface area contributed by atoms with Crippen molar-refractivity contribution in [3.05, 3.63) is 28.8 Å². The van der Waals surface area contributed by atoms with Crippen molar-refractivity contribution in [2.75, 3.05) is 5.32 Å². The van der Waals surface area contributed by atoms with Crippen molar-refractivity contribution in [3.63, 3.8) is 0 Å². The Labute approximate surface area is 117 Å². The Kier molecular flexibility index (Phi) is 2.67. The Morgan fingerprint density at radius 3 is 2.60 bits per heavy atom. The van der Waals surface area contributed by atoms with E-state index in [1.165, 1.54) is 0 Å². The monoisotopic (exact) mass is 271 g/mol. The standard InChI is InChI=1S/C15H17N3O2/c1-8-6-12-10(15(2,3)14(20)16-12)7-9(8)11-4-5-13(19)18-17-11/h6-7H,4-5H2,1-3H3,(H,16,20)(H,18,19). The molecule has 1 aromatic carbocycles. The molecule has 0 atom stereocenters. The van der Waals surface area contributed by atoms with E-state index in [1.807, 2.05) is 32.9 Å². The number of hydrogen-bond acceptors (Lipinski definition) is 3. The number of hydrogen-bond donors (Lipinski definition) is 2. The molecule has 0 saturated heterocycles. The summed E-state index contributed by atoms with van der Waals surface area (Å²) < 4.78 is 0. The van der Waals surface area contributed by atoms with E-state index in [9.17, 15) is 9.59 Å². The van der Waals surface area contributed by atoms with Crippen LogP contribution in [0.4, 0.5) is 5.69 Å². The Morgan fingerprint density at radius 2 is 1.95 bits per heavy atom. The molecule has 2 aliphatic rings. The predicted molar refractivity (Wildman–Crippen MR) is 76.7 cm³/mol. The number of carbonyl (C=O) groups excluding carboxylic acids is 2. The van der Waals surface area contributed by atoms with Gasteiger partial charge in [0.15, 0.2) is 0 Å². The average Bonchev–Trinajstić information content (AvgIpc) is 2.60. The summed E-state index contributed by atoms with van der Waals surface area (Å²) in [6.45, 7) is 5.82. The van der Waals surface area contributed by atoms with Gasteiger partial charge < -0.3 is 5.32 Å². The molecule has 20 heavy (non-hydrogen) atoms. The minimum atomic E-state index is -0.531. The molecule has 0 radical (unpaired) electrons. The van der Waals surface area contributed by atoms with Gasteiger partial charge in [-0.15, -0.1) is 0 Å². The topological polar surface area (TPSA) is 70.6 Å². The van der Waals surface area contributed by atoms with Crippen LogP contribution in [0.2, 0.25) is 0 Å². The maximum Gasteiger partial charge on any atom is 0.240 e. The lowest BCUT2D eigenvalue weighted by Gasteiger charge is -2.19. The summed E-state index contributed by atoms with van der Waals surface area (Å²) in [5, 5.41) is 7.06. The molecule has 0 unspecified atom stereocenters. The van der Waals surface area contributed by atoms with Gasteiger partial charge in [-0.25, -0.2) is 5.43 Å². The molecule has 1 aromatic rings. The van der Waals surface area contributed by atoms with E-state index in [-0.39, 0.29) is 11.8 Å². The number of amides is 2. The van der Waals surface area contributed by atoms with E-state index in [0.717, 1.165) is 28.1 Å². The Balaban J connectivity index is 2.09. The van der Waals surface area contributed by atoms with Crippen LogP contribution in [0, 0.1) is 6.92 Å². The van der Waals surface area contributed by atoms with Crippen LogP contribution in [0.3, 0.4) is 0 Å². The number of carbonyl (C=O) groups is 2. The minimum Gasteiger partial charge on any atom is -0.325 e. The number of aryl methyl sites for hydroxylation is 1. The molecule has 5 nitrogen and oxygen atoms in total. The first-order valence-corrected chi connectivity index (χ1v) is 6.72. The summed E-state index contributed by atoms with van der Waals surface area (Å²) in [6.07, 6.45) is 1.09. The van der Waals surface area contributed by atoms with Gasteiger partial charge in [-0.05, 0) is 44.0 Å². The van der Waals surface area contributed by atoms with Gasteiger partial charge in [-0.3, -0.25) is 9.59 Å². The highest BCUT2D eigenvalue weighted by Crippen LogP contribution is 2.39. The van der Waals surface area contributed by atoms with Crippen LogP contribution >= 0.6 is 0 Å². The fourth-order valence-corrected chi connectivity index (χ4v) is 2.71. The van der Waals surface area contributed by atoms with Gasteiger partial charge in [0.25, 0.3) is 0 Å². The lowest BCUT2D eigenvalue weighted by atomic mass is 9.83. The number of rotatable bonds is 1. The molecule has 104 valence electrons. The summed E-state index contributed by atoms with van der Waals surface area (Å²) >= 11 is 0. The number of benzene rings is 1. The summed E-state index contributed by atoms with van der Waals surface area (Å²) in [5.41, 5.74) is 6.79. The number of hydrazone groups is 1. The maximum atomic E-state index is 12.0. The maximum absolute atomic E-state index is 12.0. The molecule has 5 heteroatoms. The third kappa shape index (κ3) is 1.81. The largest absolute Gasteiger partial charge is 0.325 e. The molecule has 2 amide bonds. The highest BCUT2D eigenvalue weighted by atomic mass is 16.2. The Morgan fingerprint density at radius 1 is 1.20 bits per heavy atom. The SMILES string of the molecule is Cc1cc2c(cc1C1=NNC(=O)CC1)C(C)(C)C(=O)N2. The van der Waals surface area contributed by atoms with Crippen LogP contribution in [0.15, 0.2) is 17.2 Å². The van der Waals surface area contributed by atoms with Crippen molar-refractivity contribution < 1.29 is 9.59 Å². The molecule has 0 spiro atoms. The molecule has 0 bridgehead atoms. The van der Waals surface area contributed by atoms with E-state index in [0.29, 0.717) is 12.8 Å². The van der Waals surface area contributed by atoms with Gasteiger partial charge in [0.2, 0.25) is 11.8 Å². The van der Waals surface area contributed by atoms with E-state index in [2.05, 4.69) is 15.8 Å². The number of fused-ring (bicyclic) bond motifs is 1. The summed E-state index contributed by atoms with van der Waals surface area (Å²) in [5.74, 6) is -0.0346. The van der Waals surface area contributed by atoms with E-state index in [4.69, 9.17) is 0 Å². The van der Waals surface area contributed by atoms with Gasteiger partial charge in [0, 0.05) is 24.1 Å². The second-order valence-electron chi connectivity index (χ2n) is 5.89. The van der Waals surface area contributed by atoms with Crippen LogP contribution in [-0.4, -0.2) is 17.5 Å². The number of anilines is 1. The van der Waals surface area contributed by atoms with Crippen molar-refractivity contribution in [1.29, 1.82) is 0 Å².